The monoisotopic (exact) mass is 425 g/mol. The molecule has 0 bridgehead atoms. The number of carbonyl (C=O) groups is 2. The topological polar surface area (TPSA) is 73.3 Å². The molecule has 0 aromatic heterocycles. The van der Waals surface area contributed by atoms with Crippen LogP contribution in [0.5, 0.6) is 0 Å². The molecule has 31 heavy (non-hydrogen) atoms. The van der Waals surface area contributed by atoms with Crippen LogP contribution in [0.2, 0.25) is 0 Å². The predicted octanol–water partition coefficient (Wildman–Crippen LogP) is 1.84. The zero-order valence-corrected chi connectivity index (χ0v) is 18.3. The first kappa shape index (κ1) is 21.9. The van der Waals surface area contributed by atoms with Gasteiger partial charge in [-0.3, -0.25) is 24.3 Å². The van der Waals surface area contributed by atoms with Crippen LogP contribution in [-0.4, -0.2) is 96.2 Å². The second kappa shape index (κ2) is 9.44. The van der Waals surface area contributed by atoms with Crippen LogP contribution in [0, 0.1) is 0 Å². The van der Waals surface area contributed by atoms with Crippen molar-refractivity contribution in [3.8, 4) is 0 Å². The summed E-state index contributed by atoms with van der Waals surface area (Å²) in [6.45, 7) is 9.31. The van der Waals surface area contributed by atoms with Gasteiger partial charge in [-0.1, -0.05) is 24.3 Å². The first-order valence-corrected chi connectivity index (χ1v) is 11.1. The number of hydrogen-bond donors (Lipinski definition) is 1. The van der Waals surface area contributed by atoms with E-state index < -0.39 is 6.10 Å². The minimum Gasteiger partial charge on any atom is -0.389 e. The Hall–Kier alpha value is -2.32. The van der Waals surface area contributed by atoms with Crippen molar-refractivity contribution in [3.63, 3.8) is 0 Å². The quantitative estimate of drug-likeness (QED) is 0.651. The van der Waals surface area contributed by atoms with Crippen LogP contribution >= 0.6 is 0 Å². The maximum atomic E-state index is 13.0. The van der Waals surface area contributed by atoms with Gasteiger partial charge in [0.1, 0.15) is 0 Å². The van der Waals surface area contributed by atoms with E-state index in [2.05, 4.69) is 9.80 Å². The average Bonchev–Trinajstić information content (AvgIpc) is 2.77. The summed E-state index contributed by atoms with van der Waals surface area (Å²) in [5, 5.41) is 11.8. The standard InChI is InChI=1S/C24H31N3O4/c1-17(2)31-16-19(28)15-26-11-9-25(10-12-26)13-14-27-23(29)20-7-3-5-18-6-4-8-21(22(18)20)24(27)30/h3-8,17,19,28H,9-16H2,1-2H3/t19-/m1/s1. The molecule has 7 heteroatoms. The van der Waals surface area contributed by atoms with Crippen molar-refractivity contribution < 1.29 is 19.4 Å². The van der Waals surface area contributed by atoms with E-state index in [9.17, 15) is 14.7 Å². The lowest BCUT2D eigenvalue weighted by Gasteiger charge is -2.36. The number of aliphatic hydroxyl groups is 1. The molecule has 2 aromatic rings. The Kier molecular flexibility index (Phi) is 6.67. The molecular weight excluding hydrogens is 394 g/mol. The van der Waals surface area contributed by atoms with Crippen LogP contribution < -0.4 is 0 Å². The lowest BCUT2D eigenvalue weighted by atomic mass is 9.94. The molecule has 1 atom stereocenters. The molecule has 2 heterocycles. The number of nitrogens with zero attached hydrogens (tertiary/aromatic N) is 3. The number of ether oxygens (including phenoxy) is 1. The zero-order chi connectivity index (χ0) is 22.0. The molecule has 0 spiro atoms. The summed E-state index contributed by atoms with van der Waals surface area (Å²) < 4.78 is 5.48. The first-order valence-electron chi connectivity index (χ1n) is 11.1. The predicted molar refractivity (Wildman–Crippen MR) is 119 cm³/mol. The van der Waals surface area contributed by atoms with Crippen LogP contribution in [0.15, 0.2) is 36.4 Å². The van der Waals surface area contributed by atoms with E-state index in [1.54, 1.807) is 12.1 Å². The highest BCUT2D eigenvalue weighted by atomic mass is 16.5. The van der Waals surface area contributed by atoms with Crippen molar-refractivity contribution in [1.29, 1.82) is 0 Å². The van der Waals surface area contributed by atoms with Crippen molar-refractivity contribution >= 4 is 22.6 Å². The largest absolute Gasteiger partial charge is 0.389 e. The third-order valence-corrected chi connectivity index (χ3v) is 6.05. The molecule has 1 N–H and O–H groups in total. The molecule has 2 aromatic carbocycles. The summed E-state index contributed by atoms with van der Waals surface area (Å²) >= 11 is 0. The fourth-order valence-corrected chi connectivity index (χ4v) is 4.37. The number of amides is 2. The number of benzene rings is 2. The zero-order valence-electron chi connectivity index (χ0n) is 18.3. The van der Waals surface area contributed by atoms with Gasteiger partial charge in [0.05, 0.1) is 18.8 Å². The first-order chi connectivity index (χ1) is 14.9. The molecule has 0 radical (unpaired) electrons. The van der Waals surface area contributed by atoms with Gasteiger partial charge in [-0.25, -0.2) is 0 Å². The van der Waals surface area contributed by atoms with Gasteiger partial charge in [-0.15, -0.1) is 0 Å². The summed E-state index contributed by atoms with van der Waals surface area (Å²) in [6.07, 6.45) is -0.369. The second-order valence-corrected chi connectivity index (χ2v) is 8.65. The summed E-state index contributed by atoms with van der Waals surface area (Å²) in [5.41, 5.74) is 1.21. The smallest absolute Gasteiger partial charge is 0.261 e. The molecule has 2 aliphatic rings. The minimum absolute atomic E-state index is 0.116. The lowest BCUT2D eigenvalue weighted by Crippen LogP contribution is -2.51. The van der Waals surface area contributed by atoms with Crippen molar-refractivity contribution in [3.05, 3.63) is 47.5 Å². The summed E-state index contributed by atoms with van der Waals surface area (Å²) in [4.78, 5) is 31.9. The fraction of sp³-hybridized carbons (Fsp3) is 0.500. The minimum atomic E-state index is -0.486. The molecule has 166 valence electrons. The molecule has 2 amide bonds. The van der Waals surface area contributed by atoms with Crippen molar-refractivity contribution in [2.24, 2.45) is 0 Å². The van der Waals surface area contributed by atoms with Gasteiger partial charge in [0.25, 0.3) is 11.8 Å². The van der Waals surface area contributed by atoms with E-state index in [0.29, 0.717) is 37.4 Å². The van der Waals surface area contributed by atoms with E-state index in [-0.39, 0.29) is 17.9 Å². The Bertz CT molecular complexity index is 902. The summed E-state index contributed by atoms with van der Waals surface area (Å²) in [7, 11) is 0. The molecule has 0 unspecified atom stereocenters. The number of β-amino-alcohol motifs (C(OH)–C–C–N with tert-alkyl or cyclic N) is 1. The van der Waals surface area contributed by atoms with Gasteiger partial charge in [0.15, 0.2) is 0 Å². The third kappa shape index (κ3) is 4.80. The molecule has 4 rings (SSSR count). The Morgan fingerprint density at radius 2 is 1.48 bits per heavy atom. The van der Waals surface area contributed by atoms with Crippen molar-refractivity contribution in [2.75, 3.05) is 52.4 Å². The molecule has 2 aliphatic heterocycles. The van der Waals surface area contributed by atoms with E-state index in [0.717, 1.165) is 37.0 Å². The van der Waals surface area contributed by atoms with E-state index in [1.165, 1.54) is 4.90 Å². The van der Waals surface area contributed by atoms with E-state index >= 15 is 0 Å². The van der Waals surface area contributed by atoms with Crippen LogP contribution in [-0.2, 0) is 4.74 Å². The van der Waals surface area contributed by atoms with Crippen molar-refractivity contribution in [2.45, 2.75) is 26.1 Å². The summed E-state index contributed by atoms with van der Waals surface area (Å²) in [6, 6.07) is 11.2. The number of hydrogen-bond acceptors (Lipinski definition) is 6. The van der Waals surface area contributed by atoms with Gasteiger partial charge in [-0.2, -0.15) is 0 Å². The molecule has 0 saturated carbocycles. The van der Waals surface area contributed by atoms with Gasteiger partial charge >= 0.3 is 0 Å². The second-order valence-electron chi connectivity index (χ2n) is 8.65. The Labute approximate surface area is 183 Å². The van der Waals surface area contributed by atoms with Crippen LogP contribution in [0.3, 0.4) is 0 Å². The van der Waals surface area contributed by atoms with E-state index in [4.69, 9.17) is 4.74 Å². The molecule has 1 saturated heterocycles. The summed E-state index contributed by atoms with van der Waals surface area (Å²) in [5.74, 6) is -0.414. The molecule has 0 aliphatic carbocycles. The number of carbonyl (C=O) groups excluding carboxylic acids is 2. The molecular formula is C24H31N3O4. The fourth-order valence-electron chi connectivity index (χ4n) is 4.37. The average molecular weight is 426 g/mol. The molecule has 1 fully saturated rings. The number of rotatable bonds is 8. The van der Waals surface area contributed by atoms with E-state index in [1.807, 2.05) is 38.1 Å². The van der Waals surface area contributed by atoms with Gasteiger partial charge < -0.3 is 9.84 Å². The van der Waals surface area contributed by atoms with Crippen LogP contribution in [0.1, 0.15) is 34.6 Å². The van der Waals surface area contributed by atoms with Gasteiger partial charge in [0.2, 0.25) is 0 Å². The number of imide groups is 1. The SMILES string of the molecule is CC(C)OC[C@H](O)CN1CCN(CCN2C(=O)c3cccc4cccc(c34)C2=O)CC1. The number of piperazine rings is 1. The van der Waals surface area contributed by atoms with Gasteiger partial charge in [-0.05, 0) is 31.4 Å². The molecule has 7 nitrogen and oxygen atoms in total. The van der Waals surface area contributed by atoms with Crippen LogP contribution in [0.25, 0.3) is 10.8 Å². The highest BCUT2D eigenvalue weighted by molar-refractivity contribution is 6.25. The Balaban J connectivity index is 1.31. The highest BCUT2D eigenvalue weighted by Gasteiger charge is 2.32. The Morgan fingerprint density at radius 1 is 0.903 bits per heavy atom. The van der Waals surface area contributed by atoms with Crippen molar-refractivity contribution in [1.82, 2.24) is 14.7 Å². The number of aliphatic hydroxyl groups excluding tert-OH is 1. The van der Waals surface area contributed by atoms with Crippen LogP contribution in [0.4, 0.5) is 0 Å². The third-order valence-electron chi connectivity index (χ3n) is 6.05. The highest BCUT2D eigenvalue weighted by Crippen LogP contribution is 2.29. The maximum absolute atomic E-state index is 13.0. The lowest BCUT2D eigenvalue weighted by molar-refractivity contribution is -0.0147. The van der Waals surface area contributed by atoms with Gasteiger partial charge in [0, 0.05) is 62.3 Å². The normalized spacial score (nSPS) is 18.9. The Morgan fingerprint density at radius 3 is 2.06 bits per heavy atom. The maximum Gasteiger partial charge on any atom is 0.261 e.